The van der Waals surface area contributed by atoms with Crippen LogP contribution in [0.4, 0.5) is 0 Å². The molecule has 104 valence electrons. The van der Waals surface area contributed by atoms with Crippen LogP contribution < -0.4 is 0 Å². The van der Waals surface area contributed by atoms with Gasteiger partial charge in [-0.15, -0.1) is 11.6 Å². The first kappa shape index (κ1) is 15.5. The van der Waals surface area contributed by atoms with E-state index in [1.807, 2.05) is 6.07 Å². The molecule has 0 aliphatic rings. The average Bonchev–Trinajstić information content (AvgIpc) is 2.45. The largest absolute Gasteiger partial charge is 0.469 e. The van der Waals surface area contributed by atoms with Gasteiger partial charge in [0, 0.05) is 25.0 Å². The molecule has 0 aliphatic carbocycles. The zero-order valence-electron chi connectivity index (χ0n) is 11.4. The lowest BCUT2D eigenvalue weighted by Gasteiger charge is -2.20. The van der Waals surface area contributed by atoms with Gasteiger partial charge in [-0.25, -0.2) is 0 Å². The van der Waals surface area contributed by atoms with Gasteiger partial charge in [0.2, 0.25) is 0 Å². The number of esters is 1. The van der Waals surface area contributed by atoms with Crippen molar-refractivity contribution in [2.24, 2.45) is 5.92 Å². The molecule has 0 radical (unpaired) electrons. The van der Waals surface area contributed by atoms with E-state index in [-0.39, 0.29) is 17.8 Å². The van der Waals surface area contributed by atoms with Crippen molar-refractivity contribution < 1.29 is 14.3 Å². The van der Waals surface area contributed by atoms with E-state index in [0.717, 1.165) is 5.56 Å². The summed E-state index contributed by atoms with van der Waals surface area (Å²) in [5.41, 5.74) is 1.46. The first-order valence-corrected chi connectivity index (χ1v) is 6.51. The first-order valence-electron chi connectivity index (χ1n) is 5.97. The number of halogens is 1. The summed E-state index contributed by atoms with van der Waals surface area (Å²) in [5, 5.41) is 0. The Morgan fingerprint density at radius 1 is 1.42 bits per heavy atom. The number of alkyl halides is 1. The first-order chi connectivity index (χ1) is 8.99. The van der Waals surface area contributed by atoms with Gasteiger partial charge in [0.25, 0.3) is 5.91 Å². The third-order valence-electron chi connectivity index (χ3n) is 2.83. The van der Waals surface area contributed by atoms with E-state index in [4.69, 9.17) is 11.6 Å². The van der Waals surface area contributed by atoms with E-state index in [2.05, 4.69) is 4.74 Å². The lowest BCUT2D eigenvalue weighted by atomic mass is 10.1. The summed E-state index contributed by atoms with van der Waals surface area (Å²) >= 11 is 5.74. The van der Waals surface area contributed by atoms with Crippen LogP contribution in [-0.2, 0) is 15.4 Å². The molecule has 1 rings (SSSR count). The van der Waals surface area contributed by atoms with Gasteiger partial charge in [0.1, 0.15) is 0 Å². The van der Waals surface area contributed by atoms with Gasteiger partial charge < -0.3 is 9.64 Å². The molecular weight excluding hydrogens is 266 g/mol. The Hall–Kier alpha value is -1.55. The molecule has 5 heteroatoms. The van der Waals surface area contributed by atoms with Crippen LogP contribution in [0.2, 0.25) is 0 Å². The predicted octanol–water partition coefficient (Wildman–Crippen LogP) is 2.31. The van der Waals surface area contributed by atoms with Crippen molar-refractivity contribution in [2.75, 3.05) is 20.7 Å². The van der Waals surface area contributed by atoms with E-state index in [9.17, 15) is 9.59 Å². The fourth-order valence-electron chi connectivity index (χ4n) is 1.78. The topological polar surface area (TPSA) is 46.6 Å². The molecule has 1 unspecified atom stereocenters. The molecule has 0 saturated heterocycles. The summed E-state index contributed by atoms with van der Waals surface area (Å²) in [4.78, 5) is 25.0. The normalized spacial score (nSPS) is 11.8. The smallest absolute Gasteiger partial charge is 0.310 e. The minimum Gasteiger partial charge on any atom is -0.469 e. The lowest BCUT2D eigenvalue weighted by Crippen LogP contribution is -2.34. The van der Waals surface area contributed by atoms with Crippen molar-refractivity contribution in [3.05, 3.63) is 35.4 Å². The molecule has 1 aromatic rings. The third-order valence-corrected chi connectivity index (χ3v) is 3.13. The van der Waals surface area contributed by atoms with Gasteiger partial charge in [0.05, 0.1) is 13.0 Å². The Bertz CT molecular complexity index is 462. The highest BCUT2D eigenvalue weighted by Crippen LogP contribution is 2.11. The van der Waals surface area contributed by atoms with Gasteiger partial charge in [-0.2, -0.15) is 0 Å². The quantitative estimate of drug-likeness (QED) is 0.615. The van der Waals surface area contributed by atoms with Crippen molar-refractivity contribution in [3.63, 3.8) is 0 Å². The standard InChI is InChI=1S/C14H18ClNO3/c1-10(14(18)19-3)9-16(2)13(17)12-6-4-5-11(7-12)8-15/h4-7,10H,8-9H2,1-3H3. The molecule has 0 bridgehead atoms. The highest BCUT2D eigenvalue weighted by Gasteiger charge is 2.19. The number of hydrogen-bond acceptors (Lipinski definition) is 3. The summed E-state index contributed by atoms with van der Waals surface area (Å²) in [6, 6.07) is 7.15. The maximum atomic E-state index is 12.2. The molecule has 4 nitrogen and oxygen atoms in total. The van der Waals surface area contributed by atoms with E-state index in [1.165, 1.54) is 12.0 Å². The van der Waals surface area contributed by atoms with E-state index < -0.39 is 0 Å². The van der Waals surface area contributed by atoms with Crippen LogP contribution in [0.1, 0.15) is 22.8 Å². The van der Waals surface area contributed by atoms with Crippen LogP contribution in [0.5, 0.6) is 0 Å². The minimum absolute atomic E-state index is 0.136. The van der Waals surface area contributed by atoms with Crippen LogP contribution >= 0.6 is 11.6 Å². The lowest BCUT2D eigenvalue weighted by molar-refractivity contribution is -0.145. The molecule has 1 aromatic carbocycles. The van der Waals surface area contributed by atoms with Crippen LogP contribution in [-0.4, -0.2) is 37.5 Å². The average molecular weight is 284 g/mol. The summed E-state index contributed by atoms with van der Waals surface area (Å²) in [6.07, 6.45) is 0. The number of nitrogens with zero attached hydrogens (tertiary/aromatic N) is 1. The Balaban J connectivity index is 2.73. The molecule has 0 N–H and O–H groups in total. The zero-order chi connectivity index (χ0) is 14.4. The number of hydrogen-bond donors (Lipinski definition) is 0. The Morgan fingerprint density at radius 3 is 2.68 bits per heavy atom. The fraction of sp³-hybridized carbons (Fsp3) is 0.429. The summed E-state index contributed by atoms with van der Waals surface area (Å²) < 4.78 is 4.64. The fourth-order valence-corrected chi connectivity index (χ4v) is 1.94. The zero-order valence-corrected chi connectivity index (χ0v) is 12.1. The summed E-state index contributed by atoms with van der Waals surface area (Å²) in [7, 11) is 3.00. The van der Waals surface area contributed by atoms with Crippen molar-refractivity contribution >= 4 is 23.5 Å². The summed E-state index contributed by atoms with van der Waals surface area (Å²) in [5.74, 6) is -0.448. The second-order valence-electron chi connectivity index (χ2n) is 4.44. The number of methoxy groups -OCH3 is 1. The van der Waals surface area contributed by atoms with Gasteiger partial charge in [-0.3, -0.25) is 9.59 Å². The second kappa shape index (κ2) is 7.14. The number of carbonyl (C=O) groups is 2. The predicted molar refractivity (Wildman–Crippen MR) is 74.1 cm³/mol. The van der Waals surface area contributed by atoms with Crippen LogP contribution in [0.15, 0.2) is 24.3 Å². The van der Waals surface area contributed by atoms with E-state index >= 15 is 0 Å². The van der Waals surface area contributed by atoms with Crippen molar-refractivity contribution in [2.45, 2.75) is 12.8 Å². The van der Waals surface area contributed by atoms with Crippen LogP contribution in [0.25, 0.3) is 0 Å². The van der Waals surface area contributed by atoms with Crippen molar-refractivity contribution in [1.82, 2.24) is 4.90 Å². The minimum atomic E-state index is -0.352. The number of amides is 1. The molecule has 1 atom stereocenters. The third kappa shape index (κ3) is 4.24. The Labute approximate surface area is 118 Å². The van der Waals surface area contributed by atoms with E-state index in [1.54, 1.807) is 32.2 Å². The highest BCUT2D eigenvalue weighted by molar-refractivity contribution is 6.17. The molecule has 0 heterocycles. The van der Waals surface area contributed by atoms with Gasteiger partial charge >= 0.3 is 5.97 Å². The number of benzene rings is 1. The molecule has 0 saturated carbocycles. The monoisotopic (exact) mass is 283 g/mol. The molecule has 0 aromatic heterocycles. The number of ether oxygens (including phenoxy) is 1. The molecule has 19 heavy (non-hydrogen) atoms. The number of rotatable bonds is 5. The van der Waals surface area contributed by atoms with Gasteiger partial charge in [-0.1, -0.05) is 19.1 Å². The van der Waals surface area contributed by atoms with Crippen molar-refractivity contribution in [1.29, 1.82) is 0 Å². The Kier molecular flexibility index (Phi) is 5.83. The molecule has 1 amide bonds. The highest BCUT2D eigenvalue weighted by atomic mass is 35.5. The van der Waals surface area contributed by atoms with Crippen LogP contribution in [0.3, 0.4) is 0 Å². The van der Waals surface area contributed by atoms with Crippen molar-refractivity contribution in [3.8, 4) is 0 Å². The van der Waals surface area contributed by atoms with Crippen LogP contribution in [0, 0.1) is 5.92 Å². The molecule has 0 aliphatic heterocycles. The SMILES string of the molecule is COC(=O)C(C)CN(C)C(=O)c1cccc(CCl)c1. The summed E-state index contributed by atoms with van der Waals surface area (Å²) in [6.45, 7) is 2.04. The van der Waals surface area contributed by atoms with Gasteiger partial charge in [-0.05, 0) is 17.7 Å². The maximum absolute atomic E-state index is 12.2. The molecule has 0 fully saturated rings. The van der Waals surface area contributed by atoms with E-state index in [0.29, 0.717) is 18.0 Å². The second-order valence-corrected chi connectivity index (χ2v) is 4.71. The number of carbonyl (C=O) groups excluding carboxylic acids is 2. The Morgan fingerprint density at radius 2 is 2.11 bits per heavy atom. The molecule has 0 spiro atoms. The maximum Gasteiger partial charge on any atom is 0.310 e. The molecular formula is C14H18ClNO3. The van der Waals surface area contributed by atoms with Gasteiger partial charge in [0.15, 0.2) is 0 Å².